The van der Waals surface area contributed by atoms with Gasteiger partial charge in [0, 0.05) is 6.92 Å². The van der Waals surface area contributed by atoms with Crippen LogP contribution < -0.4 is 4.74 Å². The molecule has 120 valence electrons. The van der Waals surface area contributed by atoms with Crippen molar-refractivity contribution in [2.75, 3.05) is 7.11 Å². The summed E-state index contributed by atoms with van der Waals surface area (Å²) < 4.78 is 19.1. The molecule has 1 aromatic rings. The molecule has 0 fully saturated rings. The molecule has 0 aromatic heterocycles. The molecule has 0 aliphatic rings. The normalized spacial score (nSPS) is 11.5. The maximum atomic E-state index is 11.5. The molecule has 7 nitrogen and oxygen atoms in total. The first-order valence-corrected chi connectivity index (χ1v) is 6.60. The highest BCUT2D eigenvalue weighted by Crippen LogP contribution is 2.14. The average Bonchev–Trinajstić information content (AvgIpc) is 2.46. The molecule has 0 amide bonds. The summed E-state index contributed by atoms with van der Waals surface area (Å²) in [7, 11) is 1.27. The van der Waals surface area contributed by atoms with Gasteiger partial charge < -0.3 is 18.9 Å². The summed E-state index contributed by atoms with van der Waals surface area (Å²) in [6.07, 6.45) is -2.08. The summed E-state index contributed by atoms with van der Waals surface area (Å²) in [4.78, 5) is 34.1. The molecule has 0 N–H and O–H groups in total. The number of carbonyl (C=O) groups is 3. The molecule has 7 heteroatoms. The second-order valence-electron chi connectivity index (χ2n) is 4.65. The lowest BCUT2D eigenvalue weighted by molar-refractivity contribution is -0.170. The monoisotopic (exact) mass is 310 g/mol. The van der Waals surface area contributed by atoms with Crippen LogP contribution in [0.4, 0.5) is 4.79 Å². The van der Waals surface area contributed by atoms with E-state index in [-0.39, 0.29) is 11.7 Å². The molecule has 1 atom stereocenters. The zero-order chi connectivity index (χ0) is 16.7. The topological polar surface area (TPSA) is 88.1 Å². The van der Waals surface area contributed by atoms with E-state index in [0.29, 0.717) is 5.56 Å². The first-order valence-electron chi connectivity index (χ1n) is 6.60. The lowest BCUT2D eigenvalue weighted by Gasteiger charge is -2.15. The Morgan fingerprint density at radius 3 is 2.05 bits per heavy atom. The smallest absolute Gasteiger partial charge is 0.465 e. The highest BCUT2D eigenvalue weighted by atomic mass is 16.8. The van der Waals surface area contributed by atoms with Gasteiger partial charge in [0.1, 0.15) is 5.75 Å². The van der Waals surface area contributed by atoms with Gasteiger partial charge in [0.15, 0.2) is 0 Å². The lowest BCUT2D eigenvalue weighted by Crippen LogP contribution is -2.25. The summed E-state index contributed by atoms with van der Waals surface area (Å²) in [5, 5.41) is 0. The SMILES string of the molecule is COC(=O)c1ccc(OC(=O)OC(C)OC(=O)C(C)C)cc1. The molecule has 22 heavy (non-hydrogen) atoms. The van der Waals surface area contributed by atoms with Crippen LogP contribution in [-0.4, -0.2) is 31.5 Å². The highest BCUT2D eigenvalue weighted by Gasteiger charge is 2.18. The number of hydrogen-bond acceptors (Lipinski definition) is 7. The third-order valence-corrected chi connectivity index (χ3v) is 2.49. The van der Waals surface area contributed by atoms with E-state index in [1.54, 1.807) is 13.8 Å². The summed E-state index contributed by atoms with van der Waals surface area (Å²) in [5.74, 6) is -1.13. The lowest BCUT2D eigenvalue weighted by atomic mass is 10.2. The summed E-state index contributed by atoms with van der Waals surface area (Å²) in [6, 6.07) is 5.71. The highest BCUT2D eigenvalue weighted by molar-refractivity contribution is 5.89. The van der Waals surface area contributed by atoms with Gasteiger partial charge in [0.2, 0.25) is 6.29 Å². The minimum Gasteiger partial charge on any atom is -0.465 e. The van der Waals surface area contributed by atoms with Gasteiger partial charge in [-0.15, -0.1) is 0 Å². The minimum atomic E-state index is -1.06. The van der Waals surface area contributed by atoms with Crippen molar-refractivity contribution < 1.29 is 33.3 Å². The van der Waals surface area contributed by atoms with Gasteiger partial charge in [-0.1, -0.05) is 13.8 Å². The zero-order valence-corrected chi connectivity index (χ0v) is 12.8. The van der Waals surface area contributed by atoms with Crippen molar-refractivity contribution in [1.82, 2.24) is 0 Å². The van der Waals surface area contributed by atoms with Crippen molar-refractivity contribution in [2.45, 2.75) is 27.1 Å². The molecule has 0 aliphatic carbocycles. The summed E-state index contributed by atoms with van der Waals surface area (Å²) in [6.45, 7) is 4.73. The molecule has 0 spiro atoms. The number of carbonyl (C=O) groups excluding carboxylic acids is 3. The van der Waals surface area contributed by atoms with Gasteiger partial charge in [-0.25, -0.2) is 9.59 Å². The van der Waals surface area contributed by atoms with Crippen LogP contribution in [0, 0.1) is 5.92 Å². The predicted octanol–water partition coefficient (Wildman–Crippen LogP) is 2.53. The fourth-order valence-electron chi connectivity index (χ4n) is 1.36. The Bertz CT molecular complexity index is 533. The van der Waals surface area contributed by atoms with Crippen molar-refractivity contribution in [3.63, 3.8) is 0 Å². The van der Waals surface area contributed by atoms with Crippen LogP contribution in [0.1, 0.15) is 31.1 Å². The van der Waals surface area contributed by atoms with Gasteiger partial charge >= 0.3 is 18.1 Å². The van der Waals surface area contributed by atoms with Crippen LogP contribution >= 0.6 is 0 Å². The van der Waals surface area contributed by atoms with E-state index in [0.717, 1.165) is 0 Å². The van der Waals surface area contributed by atoms with E-state index in [4.69, 9.17) is 14.2 Å². The van der Waals surface area contributed by atoms with E-state index in [9.17, 15) is 14.4 Å². The van der Waals surface area contributed by atoms with Gasteiger partial charge in [-0.2, -0.15) is 0 Å². The van der Waals surface area contributed by atoms with Crippen LogP contribution in [0.3, 0.4) is 0 Å². The first-order chi connectivity index (χ1) is 10.3. The molecule has 1 aromatic carbocycles. The Morgan fingerprint density at radius 1 is 0.955 bits per heavy atom. The fourth-order valence-corrected chi connectivity index (χ4v) is 1.36. The van der Waals surface area contributed by atoms with Crippen LogP contribution in [-0.2, 0) is 19.0 Å². The second kappa shape index (κ2) is 8.02. The second-order valence-corrected chi connectivity index (χ2v) is 4.65. The van der Waals surface area contributed by atoms with E-state index in [2.05, 4.69) is 4.74 Å². The number of methoxy groups -OCH3 is 1. The van der Waals surface area contributed by atoms with E-state index in [1.807, 2.05) is 0 Å². The fraction of sp³-hybridized carbons (Fsp3) is 0.400. The van der Waals surface area contributed by atoms with Crippen molar-refractivity contribution in [3.05, 3.63) is 29.8 Å². The number of esters is 2. The van der Waals surface area contributed by atoms with Crippen LogP contribution in [0.25, 0.3) is 0 Å². The molecule has 0 saturated heterocycles. The van der Waals surface area contributed by atoms with E-state index < -0.39 is 24.4 Å². The number of ether oxygens (including phenoxy) is 4. The third-order valence-electron chi connectivity index (χ3n) is 2.49. The molecule has 1 unspecified atom stereocenters. The standard InChI is InChI=1S/C15H18O7/c1-9(2)13(16)20-10(3)21-15(18)22-12-7-5-11(6-8-12)14(17)19-4/h5-10H,1-4H3. The largest absolute Gasteiger partial charge is 0.516 e. The molecule has 0 saturated carbocycles. The Labute approximate surface area is 128 Å². The molecular weight excluding hydrogens is 292 g/mol. The predicted molar refractivity (Wildman–Crippen MR) is 75.3 cm³/mol. The van der Waals surface area contributed by atoms with Crippen molar-refractivity contribution in [3.8, 4) is 5.75 Å². The molecule has 0 radical (unpaired) electrons. The number of rotatable bonds is 5. The van der Waals surface area contributed by atoms with Gasteiger partial charge in [-0.3, -0.25) is 4.79 Å². The van der Waals surface area contributed by atoms with Gasteiger partial charge in [-0.05, 0) is 24.3 Å². The van der Waals surface area contributed by atoms with Crippen LogP contribution in [0.15, 0.2) is 24.3 Å². The Balaban J connectivity index is 2.51. The van der Waals surface area contributed by atoms with Gasteiger partial charge in [0.25, 0.3) is 0 Å². The zero-order valence-electron chi connectivity index (χ0n) is 12.8. The molecule has 1 rings (SSSR count). The van der Waals surface area contributed by atoms with Crippen LogP contribution in [0.2, 0.25) is 0 Å². The summed E-state index contributed by atoms with van der Waals surface area (Å²) >= 11 is 0. The molecule has 0 bridgehead atoms. The van der Waals surface area contributed by atoms with Gasteiger partial charge in [0.05, 0.1) is 18.6 Å². The van der Waals surface area contributed by atoms with Crippen molar-refractivity contribution >= 4 is 18.1 Å². The Morgan fingerprint density at radius 2 is 1.55 bits per heavy atom. The molecular formula is C15H18O7. The number of hydrogen-bond donors (Lipinski definition) is 0. The number of benzene rings is 1. The average molecular weight is 310 g/mol. The minimum absolute atomic E-state index is 0.181. The Hall–Kier alpha value is -2.57. The van der Waals surface area contributed by atoms with E-state index >= 15 is 0 Å². The quantitative estimate of drug-likeness (QED) is 0.469. The van der Waals surface area contributed by atoms with E-state index in [1.165, 1.54) is 38.3 Å². The van der Waals surface area contributed by atoms with Crippen LogP contribution in [0.5, 0.6) is 5.75 Å². The van der Waals surface area contributed by atoms with Crippen molar-refractivity contribution in [1.29, 1.82) is 0 Å². The first kappa shape index (κ1) is 17.5. The maximum absolute atomic E-state index is 11.5. The molecule has 0 aliphatic heterocycles. The molecule has 0 heterocycles. The maximum Gasteiger partial charge on any atom is 0.516 e. The van der Waals surface area contributed by atoms with Crippen molar-refractivity contribution in [2.24, 2.45) is 5.92 Å². The summed E-state index contributed by atoms with van der Waals surface area (Å²) in [5.41, 5.74) is 0.322. The third kappa shape index (κ3) is 5.43. The Kier molecular flexibility index (Phi) is 6.37.